The molecule has 0 amide bonds. The molecule has 0 aliphatic carbocycles. The summed E-state index contributed by atoms with van der Waals surface area (Å²) in [5, 5.41) is 13.3. The molecule has 0 fully saturated rings. The van der Waals surface area contributed by atoms with Crippen molar-refractivity contribution in [3.63, 3.8) is 0 Å². The summed E-state index contributed by atoms with van der Waals surface area (Å²) in [6.45, 7) is 7.52. The van der Waals surface area contributed by atoms with Gasteiger partial charge in [0.15, 0.2) is 0 Å². The first-order valence-corrected chi connectivity index (χ1v) is 4.98. The molecule has 0 bridgehead atoms. The standard InChI is InChI=1S/C11H19NO2/c1-9(2)6-12-8-11(3,13)10-4-5-14-7-10/h4-5,7,9,12-13H,6,8H2,1-3H3. The van der Waals surface area contributed by atoms with E-state index in [4.69, 9.17) is 4.42 Å². The topological polar surface area (TPSA) is 45.4 Å². The van der Waals surface area contributed by atoms with E-state index in [1.54, 1.807) is 25.5 Å². The smallest absolute Gasteiger partial charge is 0.102 e. The second kappa shape index (κ2) is 4.62. The third-order valence-corrected chi connectivity index (χ3v) is 2.16. The van der Waals surface area contributed by atoms with Crippen molar-refractivity contribution in [3.05, 3.63) is 24.2 Å². The van der Waals surface area contributed by atoms with Crippen LogP contribution in [0.4, 0.5) is 0 Å². The van der Waals surface area contributed by atoms with E-state index in [1.807, 2.05) is 0 Å². The average molecular weight is 197 g/mol. The molecule has 0 saturated carbocycles. The molecule has 0 aliphatic heterocycles. The molecule has 2 N–H and O–H groups in total. The normalized spacial score (nSPS) is 15.8. The summed E-state index contributed by atoms with van der Waals surface area (Å²) in [6.07, 6.45) is 3.16. The molecule has 14 heavy (non-hydrogen) atoms. The molecule has 0 radical (unpaired) electrons. The van der Waals surface area contributed by atoms with E-state index in [2.05, 4.69) is 19.2 Å². The maximum atomic E-state index is 10.1. The monoisotopic (exact) mass is 197 g/mol. The van der Waals surface area contributed by atoms with Crippen LogP contribution in [0.3, 0.4) is 0 Å². The molecule has 1 aromatic heterocycles. The largest absolute Gasteiger partial charge is 0.472 e. The maximum absolute atomic E-state index is 10.1. The number of nitrogens with one attached hydrogen (secondary N) is 1. The van der Waals surface area contributed by atoms with Crippen LogP contribution >= 0.6 is 0 Å². The summed E-state index contributed by atoms with van der Waals surface area (Å²) in [6, 6.07) is 1.79. The molecule has 80 valence electrons. The van der Waals surface area contributed by atoms with Gasteiger partial charge in [-0.3, -0.25) is 0 Å². The fraction of sp³-hybridized carbons (Fsp3) is 0.636. The lowest BCUT2D eigenvalue weighted by Crippen LogP contribution is -2.36. The van der Waals surface area contributed by atoms with E-state index >= 15 is 0 Å². The fourth-order valence-electron chi connectivity index (χ4n) is 1.28. The molecule has 3 heteroatoms. The van der Waals surface area contributed by atoms with Crippen LogP contribution in [-0.4, -0.2) is 18.2 Å². The average Bonchev–Trinajstić information content (AvgIpc) is 2.54. The van der Waals surface area contributed by atoms with Crippen LogP contribution in [-0.2, 0) is 5.60 Å². The van der Waals surface area contributed by atoms with Gasteiger partial charge in [0.1, 0.15) is 5.60 Å². The van der Waals surface area contributed by atoms with Gasteiger partial charge in [0.25, 0.3) is 0 Å². The fourth-order valence-corrected chi connectivity index (χ4v) is 1.28. The molecular formula is C11H19NO2. The van der Waals surface area contributed by atoms with Gasteiger partial charge in [0.2, 0.25) is 0 Å². The van der Waals surface area contributed by atoms with Gasteiger partial charge in [-0.2, -0.15) is 0 Å². The van der Waals surface area contributed by atoms with Crippen molar-refractivity contribution in [2.75, 3.05) is 13.1 Å². The van der Waals surface area contributed by atoms with Crippen LogP contribution in [0.25, 0.3) is 0 Å². The lowest BCUT2D eigenvalue weighted by Gasteiger charge is -2.22. The minimum absolute atomic E-state index is 0.546. The first-order chi connectivity index (χ1) is 6.52. The highest BCUT2D eigenvalue weighted by Gasteiger charge is 2.23. The summed E-state index contributed by atoms with van der Waals surface area (Å²) in [7, 11) is 0. The predicted octanol–water partition coefficient (Wildman–Crippen LogP) is 1.73. The number of hydrogen-bond acceptors (Lipinski definition) is 3. The molecule has 0 saturated heterocycles. The Morgan fingerprint density at radius 3 is 2.79 bits per heavy atom. The Hall–Kier alpha value is -0.800. The van der Waals surface area contributed by atoms with E-state index in [0.29, 0.717) is 12.5 Å². The third kappa shape index (κ3) is 3.16. The third-order valence-electron chi connectivity index (χ3n) is 2.16. The quantitative estimate of drug-likeness (QED) is 0.755. The molecule has 1 atom stereocenters. The zero-order chi connectivity index (χ0) is 10.6. The van der Waals surface area contributed by atoms with Gasteiger partial charge in [-0.05, 0) is 25.5 Å². The number of furan rings is 1. The summed E-state index contributed by atoms with van der Waals surface area (Å²) in [5.74, 6) is 0.593. The van der Waals surface area contributed by atoms with Crippen LogP contribution in [0.2, 0.25) is 0 Å². The Bertz CT molecular complexity index is 252. The SMILES string of the molecule is CC(C)CNCC(C)(O)c1ccoc1. The molecule has 0 aliphatic rings. The minimum atomic E-state index is -0.845. The zero-order valence-electron chi connectivity index (χ0n) is 9.08. The Balaban J connectivity index is 2.42. The van der Waals surface area contributed by atoms with Gasteiger partial charge < -0.3 is 14.8 Å². The predicted molar refractivity (Wildman–Crippen MR) is 56.0 cm³/mol. The van der Waals surface area contributed by atoms with E-state index in [9.17, 15) is 5.11 Å². The van der Waals surface area contributed by atoms with E-state index in [1.165, 1.54) is 0 Å². The lowest BCUT2D eigenvalue weighted by molar-refractivity contribution is 0.0558. The van der Waals surface area contributed by atoms with E-state index in [-0.39, 0.29) is 0 Å². The molecule has 0 aromatic carbocycles. The van der Waals surface area contributed by atoms with Crippen LogP contribution in [0.5, 0.6) is 0 Å². The van der Waals surface area contributed by atoms with Gasteiger partial charge in [-0.25, -0.2) is 0 Å². The molecular weight excluding hydrogens is 178 g/mol. The van der Waals surface area contributed by atoms with Gasteiger partial charge in [-0.1, -0.05) is 13.8 Å². The minimum Gasteiger partial charge on any atom is -0.472 e. The number of hydrogen-bond donors (Lipinski definition) is 2. The Morgan fingerprint density at radius 1 is 1.57 bits per heavy atom. The zero-order valence-corrected chi connectivity index (χ0v) is 9.08. The molecule has 3 nitrogen and oxygen atoms in total. The summed E-state index contributed by atoms with van der Waals surface area (Å²) in [4.78, 5) is 0. The molecule has 1 heterocycles. The van der Waals surface area contributed by atoms with Crippen LogP contribution in [0.1, 0.15) is 26.3 Å². The van der Waals surface area contributed by atoms with Gasteiger partial charge >= 0.3 is 0 Å². The highest BCUT2D eigenvalue weighted by Crippen LogP contribution is 2.19. The Kier molecular flexibility index (Phi) is 3.72. The molecule has 1 aromatic rings. The van der Waals surface area contributed by atoms with E-state index in [0.717, 1.165) is 12.1 Å². The van der Waals surface area contributed by atoms with Crippen LogP contribution < -0.4 is 5.32 Å². The Labute approximate surface area is 85.1 Å². The number of aliphatic hydroxyl groups is 1. The summed E-state index contributed by atoms with van der Waals surface area (Å²) < 4.78 is 4.94. The van der Waals surface area contributed by atoms with Crippen molar-refractivity contribution in [3.8, 4) is 0 Å². The molecule has 1 unspecified atom stereocenters. The second-order valence-electron chi connectivity index (χ2n) is 4.31. The van der Waals surface area contributed by atoms with Gasteiger partial charge in [-0.15, -0.1) is 0 Å². The van der Waals surface area contributed by atoms with Gasteiger partial charge in [0.05, 0.1) is 12.5 Å². The van der Waals surface area contributed by atoms with Crippen molar-refractivity contribution in [1.82, 2.24) is 5.32 Å². The van der Waals surface area contributed by atoms with Crippen LogP contribution in [0, 0.1) is 5.92 Å². The van der Waals surface area contributed by atoms with Crippen molar-refractivity contribution in [1.29, 1.82) is 0 Å². The highest BCUT2D eigenvalue weighted by molar-refractivity contribution is 5.15. The lowest BCUT2D eigenvalue weighted by atomic mass is 9.99. The summed E-state index contributed by atoms with van der Waals surface area (Å²) in [5.41, 5.74) is -0.0317. The second-order valence-corrected chi connectivity index (χ2v) is 4.31. The number of rotatable bonds is 5. The molecule has 0 spiro atoms. The van der Waals surface area contributed by atoms with Crippen LogP contribution in [0.15, 0.2) is 23.0 Å². The first-order valence-electron chi connectivity index (χ1n) is 4.98. The maximum Gasteiger partial charge on any atom is 0.102 e. The summed E-state index contributed by atoms with van der Waals surface area (Å²) >= 11 is 0. The van der Waals surface area contributed by atoms with Crippen molar-refractivity contribution < 1.29 is 9.52 Å². The van der Waals surface area contributed by atoms with Crippen molar-refractivity contribution in [2.24, 2.45) is 5.92 Å². The molecule has 1 rings (SSSR count). The first kappa shape index (κ1) is 11.3. The highest BCUT2D eigenvalue weighted by atomic mass is 16.3. The van der Waals surface area contributed by atoms with E-state index < -0.39 is 5.60 Å². The van der Waals surface area contributed by atoms with Crippen molar-refractivity contribution >= 4 is 0 Å². The van der Waals surface area contributed by atoms with Gasteiger partial charge in [0, 0.05) is 12.1 Å². The van der Waals surface area contributed by atoms with Crippen molar-refractivity contribution in [2.45, 2.75) is 26.4 Å². The Morgan fingerprint density at radius 2 is 2.29 bits per heavy atom.